The molecule has 0 aliphatic heterocycles. The molecule has 1 heterocycles. The summed E-state index contributed by atoms with van der Waals surface area (Å²) in [5.41, 5.74) is 1.01. The first-order valence-electron chi connectivity index (χ1n) is 5.81. The van der Waals surface area contributed by atoms with Crippen LogP contribution in [0.5, 0.6) is 0 Å². The van der Waals surface area contributed by atoms with Gasteiger partial charge in [0.1, 0.15) is 0 Å². The van der Waals surface area contributed by atoms with Gasteiger partial charge in [-0.25, -0.2) is 0 Å². The molecule has 1 N–H and O–H groups in total. The average Bonchev–Trinajstić information content (AvgIpc) is 2.28. The summed E-state index contributed by atoms with van der Waals surface area (Å²) in [6.45, 7) is 5.28. The molecule has 0 amide bonds. The molecule has 0 radical (unpaired) electrons. The van der Waals surface area contributed by atoms with Gasteiger partial charge in [-0.3, -0.25) is 9.97 Å². The summed E-state index contributed by atoms with van der Waals surface area (Å²) in [6.07, 6.45) is 10.4. The summed E-state index contributed by atoms with van der Waals surface area (Å²) < 4.78 is 0. The first kappa shape index (κ1) is 12.1. The molecule has 0 saturated heterocycles. The number of unbranched alkanes of at least 4 members (excludes halogenated alkanes) is 2. The summed E-state index contributed by atoms with van der Waals surface area (Å²) in [4.78, 5) is 8.26. The van der Waals surface area contributed by atoms with Gasteiger partial charge in [0.15, 0.2) is 0 Å². The maximum atomic E-state index is 4.22. The zero-order chi connectivity index (χ0) is 10.9. The summed E-state index contributed by atoms with van der Waals surface area (Å²) in [5, 5.41) is 3.46. The molecule has 0 aliphatic rings. The van der Waals surface area contributed by atoms with Crippen molar-refractivity contribution in [3.63, 3.8) is 0 Å². The molecule has 1 unspecified atom stereocenters. The average molecular weight is 207 g/mol. The molecule has 0 bridgehead atoms. The highest BCUT2D eigenvalue weighted by Crippen LogP contribution is 2.03. The number of rotatable bonds is 7. The minimum Gasteiger partial charge on any atom is -0.309 e. The third kappa shape index (κ3) is 5.47. The van der Waals surface area contributed by atoms with E-state index in [1.165, 1.54) is 25.7 Å². The van der Waals surface area contributed by atoms with E-state index >= 15 is 0 Å². The van der Waals surface area contributed by atoms with E-state index in [-0.39, 0.29) is 0 Å². The summed E-state index contributed by atoms with van der Waals surface area (Å²) in [5.74, 6) is 0. The van der Waals surface area contributed by atoms with Gasteiger partial charge in [0.05, 0.1) is 5.69 Å². The third-order valence-corrected chi connectivity index (χ3v) is 2.49. The molecule has 0 aromatic carbocycles. The van der Waals surface area contributed by atoms with Gasteiger partial charge < -0.3 is 5.32 Å². The van der Waals surface area contributed by atoms with E-state index in [9.17, 15) is 0 Å². The molecular weight excluding hydrogens is 186 g/mol. The Bertz CT molecular complexity index is 248. The van der Waals surface area contributed by atoms with Gasteiger partial charge >= 0.3 is 0 Å². The van der Waals surface area contributed by atoms with Crippen LogP contribution in [0.25, 0.3) is 0 Å². The summed E-state index contributed by atoms with van der Waals surface area (Å²) >= 11 is 0. The van der Waals surface area contributed by atoms with Crippen molar-refractivity contribution in [1.29, 1.82) is 0 Å². The quantitative estimate of drug-likeness (QED) is 0.698. The Kier molecular flexibility index (Phi) is 5.93. The van der Waals surface area contributed by atoms with Crippen molar-refractivity contribution in [2.75, 3.05) is 0 Å². The second-order valence-corrected chi connectivity index (χ2v) is 3.97. The molecule has 1 atom stereocenters. The Morgan fingerprint density at radius 2 is 2.20 bits per heavy atom. The molecule has 1 aromatic heterocycles. The lowest BCUT2D eigenvalue weighted by Gasteiger charge is -2.12. The summed E-state index contributed by atoms with van der Waals surface area (Å²) in [6, 6.07) is 0.568. The third-order valence-electron chi connectivity index (χ3n) is 2.49. The minimum absolute atomic E-state index is 0.568. The summed E-state index contributed by atoms with van der Waals surface area (Å²) in [7, 11) is 0. The van der Waals surface area contributed by atoms with Gasteiger partial charge in [0.25, 0.3) is 0 Å². The van der Waals surface area contributed by atoms with E-state index in [0.29, 0.717) is 6.04 Å². The lowest BCUT2D eigenvalue weighted by atomic mass is 10.1. The van der Waals surface area contributed by atoms with Crippen LogP contribution in [0, 0.1) is 0 Å². The van der Waals surface area contributed by atoms with Crippen molar-refractivity contribution in [2.45, 2.75) is 52.1 Å². The van der Waals surface area contributed by atoms with Crippen LogP contribution in [0.1, 0.15) is 45.2 Å². The van der Waals surface area contributed by atoms with Gasteiger partial charge in [-0.1, -0.05) is 26.2 Å². The van der Waals surface area contributed by atoms with Crippen molar-refractivity contribution < 1.29 is 0 Å². The van der Waals surface area contributed by atoms with E-state index in [4.69, 9.17) is 0 Å². The fourth-order valence-electron chi connectivity index (χ4n) is 1.50. The van der Waals surface area contributed by atoms with Gasteiger partial charge in [-0.05, 0) is 13.3 Å². The van der Waals surface area contributed by atoms with Crippen LogP contribution in [-0.4, -0.2) is 16.0 Å². The Morgan fingerprint density at radius 1 is 1.33 bits per heavy atom. The largest absolute Gasteiger partial charge is 0.309 e. The molecule has 3 heteroatoms. The van der Waals surface area contributed by atoms with Gasteiger partial charge in [0, 0.05) is 31.2 Å². The highest BCUT2D eigenvalue weighted by Gasteiger charge is 2.01. The maximum absolute atomic E-state index is 4.22. The molecule has 84 valence electrons. The lowest BCUT2D eigenvalue weighted by Crippen LogP contribution is -2.25. The number of hydrogen-bond donors (Lipinski definition) is 1. The smallest absolute Gasteiger partial charge is 0.0724 e. The second-order valence-electron chi connectivity index (χ2n) is 3.97. The fourth-order valence-corrected chi connectivity index (χ4v) is 1.50. The zero-order valence-electron chi connectivity index (χ0n) is 9.74. The van der Waals surface area contributed by atoms with E-state index in [1.54, 1.807) is 12.4 Å². The molecular formula is C12H21N3. The maximum Gasteiger partial charge on any atom is 0.0724 e. The Hall–Kier alpha value is -0.960. The van der Waals surface area contributed by atoms with Gasteiger partial charge in [0.2, 0.25) is 0 Å². The molecule has 0 aliphatic carbocycles. The number of nitrogens with one attached hydrogen (secondary N) is 1. The molecule has 0 saturated carbocycles. The van der Waals surface area contributed by atoms with Gasteiger partial charge in [-0.2, -0.15) is 0 Å². The van der Waals surface area contributed by atoms with Crippen molar-refractivity contribution >= 4 is 0 Å². The normalized spacial score (nSPS) is 12.7. The van der Waals surface area contributed by atoms with E-state index in [2.05, 4.69) is 29.1 Å². The SMILES string of the molecule is CCCCCC(C)NCc1cnccn1. The molecule has 0 spiro atoms. The van der Waals surface area contributed by atoms with E-state index < -0.39 is 0 Å². The van der Waals surface area contributed by atoms with Crippen molar-refractivity contribution in [1.82, 2.24) is 15.3 Å². The van der Waals surface area contributed by atoms with Crippen LogP contribution in [0.3, 0.4) is 0 Å². The molecule has 3 nitrogen and oxygen atoms in total. The van der Waals surface area contributed by atoms with Crippen LogP contribution in [0.2, 0.25) is 0 Å². The number of hydrogen-bond acceptors (Lipinski definition) is 3. The Labute approximate surface area is 92.3 Å². The van der Waals surface area contributed by atoms with Crippen LogP contribution < -0.4 is 5.32 Å². The van der Waals surface area contributed by atoms with Gasteiger partial charge in [-0.15, -0.1) is 0 Å². The number of nitrogens with zero attached hydrogens (tertiary/aromatic N) is 2. The first-order chi connectivity index (χ1) is 7.33. The minimum atomic E-state index is 0.568. The highest BCUT2D eigenvalue weighted by molar-refractivity contribution is 4.93. The van der Waals surface area contributed by atoms with Crippen LogP contribution in [0.4, 0.5) is 0 Å². The molecule has 1 rings (SSSR count). The first-order valence-corrected chi connectivity index (χ1v) is 5.81. The monoisotopic (exact) mass is 207 g/mol. The molecule has 15 heavy (non-hydrogen) atoms. The topological polar surface area (TPSA) is 37.8 Å². The van der Waals surface area contributed by atoms with Crippen LogP contribution >= 0.6 is 0 Å². The predicted octanol–water partition coefficient (Wildman–Crippen LogP) is 2.54. The number of aromatic nitrogens is 2. The molecule has 1 aromatic rings. The van der Waals surface area contributed by atoms with Crippen LogP contribution in [0.15, 0.2) is 18.6 Å². The van der Waals surface area contributed by atoms with Crippen LogP contribution in [-0.2, 0) is 6.54 Å². The Balaban J connectivity index is 2.14. The molecule has 0 fully saturated rings. The zero-order valence-corrected chi connectivity index (χ0v) is 9.74. The fraction of sp³-hybridized carbons (Fsp3) is 0.667. The standard InChI is InChI=1S/C12H21N3/c1-3-4-5-6-11(2)15-10-12-9-13-7-8-14-12/h7-9,11,15H,3-6,10H2,1-2H3. The van der Waals surface area contributed by atoms with Crippen molar-refractivity contribution in [2.24, 2.45) is 0 Å². The highest BCUT2D eigenvalue weighted by atomic mass is 14.9. The van der Waals surface area contributed by atoms with E-state index in [1.807, 2.05) is 6.20 Å². The second kappa shape index (κ2) is 7.35. The lowest BCUT2D eigenvalue weighted by molar-refractivity contribution is 0.483. The predicted molar refractivity (Wildman–Crippen MR) is 62.5 cm³/mol. The van der Waals surface area contributed by atoms with E-state index in [0.717, 1.165) is 12.2 Å². The Morgan fingerprint density at radius 3 is 2.87 bits per heavy atom. The van der Waals surface area contributed by atoms with Crippen molar-refractivity contribution in [3.8, 4) is 0 Å². The van der Waals surface area contributed by atoms with Crippen molar-refractivity contribution in [3.05, 3.63) is 24.3 Å².